The maximum absolute atomic E-state index is 9.99. The average Bonchev–Trinajstić information content (AvgIpc) is 2.16. The zero-order valence-corrected chi connectivity index (χ0v) is 8.67. The molecule has 0 spiro atoms. The van der Waals surface area contributed by atoms with E-state index in [0.717, 1.165) is 5.56 Å². The normalized spacial score (nSPS) is 10.9. The van der Waals surface area contributed by atoms with E-state index < -0.39 is 4.08 Å². The highest BCUT2D eigenvalue weighted by atomic mass is 32.2. The van der Waals surface area contributed by atoms with Crippen LogP contribution in [0.2, 0.25) is 0 Å². The zero-order chi connectivity index (χ0) is 9.73. The van der Waals surface area contributed by atoms with Crippen LogP contribution in [-0.4, -0.2) is 13.1 Å². The number of benzene rings is 1. The molecule has 0 N–H and O–H groups in total. The van der Waals surface area contributed by atoms with E-state index in [1.807, 2.05) is 30.3 Å². The minimum absolute atomic E-state index is 0.146. The van der Waals surface area contributed by atoms with Gasteiger partial charge in [-0.15, -0.1) is 0 Å². The molecule has 0 radical (unpaired) electrons. The van der Waals surface area contributed by atoms with Gasteiger partial charge < -0.3 is 4.74 Å². The Bertz CT molecular complexity index is 272. The molecule has 1 aromatic rings. The van der Waals surface area contributed by atoms with Crippen LogP contribution in [-0.2, 0) is 13.6 Å². The molecule has 4 heteroatoms. The van der Waals surface area contributed by atoms with Crippen molar-refractivity contribution in [3.63, 3.8) is 0 Å². The first-order chi connectivity index (χ1) is 6.17. The van der Waals surface area contributed by atoms with Crippen LogP contribution in [0, 0.1) is 0 Å². The second-order valence-electron chi connectivity index (χ2n) is 2.59. The topological polar surface area (TPSA) is 26.3 Å². The first-order valence-electron chi connectivity index (χ1n) is 3.72. The van der Waals surface area contributed by atoms with Crippen LogP contribution >= 0.6 is 25.3 Å². The molecule has 0 aliphatic carbocycles. The Morgan fingerprint density at radius 1 is 1.31 bits per heavy atom. The van der Waals surface area contributed by atoms with E-state index in [4.69, 9.17) is 0 Å². The lowest BCUT2D eigenvalue weighted by molar-refractivity contribution is -0.128. The maximum atomic E-state index is 9.99. The smallest absolute Gasteiger partial charge is 0.293 e. The molecule has 0 heterocycles. The summed E-state index contributed by atoms with van der Waals surface area (Å²) in [7, 11) is 0. The van der Waals surface area contributed by atoms with Crippen molar-refractivity contribution in [2.45, 2.75) is 4.08 Å². The summed E-state index contributed by atoms with van der Waals surface area (Å²) < 4.78 is 3.90. The van der Waals surface area contributed by atoms with Crippen molar-refractivity contribution in [2.75, 3.05) is 6.61 Å². The molecular weight excluding hydrogens is 204 g/mol. The molecule has 0 fully saturated rings. The van der Waals surface area contributed by atoms with Gasteiger partial charge in [-0.25, -0.2) is 0 Å². The lowest BCUT2D eigenvalue weighted by atomic mass is 10.1. The van der Waals surface area contributed by atoms with Crippen LogP contribution in [0.4, 0.5) is 0 Å². The summed E-state index contributed by atoms with van der Waals surface area (Å²) in [5.41, 5.74) is 0.906. The molecule has 0 amide bonds. The van der Waals surface area contributed by atoms with E-state index in [0.29, 0.717) is 6.47 Å². The number of hydrogen-bond acceptors (Lipinski definition) is 4. The highest BCUT2D eigenvalue weighted by molar-refractivity contribution is 7.99. The van der Waals surface area contributed by atoms with Gasteiger partial charge in [0.25, 0.3) is 6.47 Å². The van der Waals surface area contributed by atoms with E-state index >= 15 is 0 Å². The van der Waals surface area contributed by atoms with Crippen molar-refractivity contribution < 1.29 is 9.53 Å². The quantitative estimate of drug-likeness (QED) is 0.455. The van der Waals surface area contributed by atoms with Crippen LogP contribution in [0.1, 0.15) is 5.56 Å². The lowest BCUT2D eigenvalue weighted by Gasteiger charge is -2.21. The van der Waals surface area contributed by atoms with Gasteiger partial charge in [0, 0.05) is 0 Å². The van der Waals surface area contributed by atoms with Crippen molar-refractivity contribution in [1.82, 2.24) is 0 Å². The van der Waals surface area contributed by atoms with Gasteiger partial charge in [-0.3, -0.25) is 4.79 Å². The number of carbonyl (C=O) groups is 1. The summed E-state index contributed by atoms with van der Waals surface area (Å²) in [5.74, 6) is 0. The molecule has 1 aromatic carbocycles. The number of carbonyl (C=O) groups excluding carboxylic acids is 1. The van der Waals surface area contributed by atoms with E-state index in [1.165, 1.54) is 0 Å². The van der Waals surface area contributed by atoms with Crippen LogP contribution < -0.4 is 0 Å². The van der Waals surface area contributed by atoms with E-state index in [2.05, 4.69) is 30.0 Å². The summed E-state index contributed by atoms with van der Waals surface area (Å²) in [5, 5.41) is 0. The molecule has 0 aliphatic rings. The lowest BCUT2D eigenvalue weighted by Crippen LogP contribution is -2.18. The zero-order valence-electron chi connectivity index (χ0n) is 6.88. The Morgan fingerprint density at radius 3 is 2.46 bits per heavy atom. The number of ether oxygens (including phenoxy) is 1. The first-order valence-corrected chi connectivity index (χ1v) is 4.62. The predicted octanol–water partition coefficient (Wildman–Crippen LogP) is 1.87. The Labute approximate surface area is 88.1 Å². The molecule has 0 aliphatic heterocycles. The first kappa shape index (κ1) is 10.5. The number of hydrogen-bond donors (Lipinski definition) is 2. The van der Waals surface area contributed by atoms with Crippen molar-refractivity contribution in [3.8, 4) is 0 Å². The third-order valence-corrected chi connectivity index (χ3v) is 2.36. The summed E-state index contributed by atoms with van der Waals surface area (Å²) in [6.07, 6.45) is 0. The Morgan fingerprint density at radius 2 is 1.92 bits per heavy atom. The third kappa shape index (κ3) is 2.97. The van der Waals surface area contributed by atoms with Crippen molar-refractivity contribution in [1.29, 1.82) is 0 Å². The summed E-state index contributed by atoms with van der Waals surface area (Å²) in [4.78, 5) is 9.99. The van der Waals surface area contributed by atoms with E-state index in [1.54, 1.807) is 0 Å². The van der Waals surface area contributed by atoms with E-state index in [9.17, 15) is 4.79 Å². The van der Waals surface area contributed by atoms with E-state index in [-0.39, 0.29) is 6.61 Å². The molecule has 2 nitrogen and oxygen atoms in total. The summed E-state index contributed by atoms with van der Waals surface area (Å²) >= 11 is 8.58. The van der Waals surface area contributed by atoms with Crippen molar-refractivity contribution in [2.24, 2.45) is 0 Å². The third-order valence-electron chi connectivity index (χ3n) is 1.59. The number of rotatable bonds is 4. The molecule has 0 saturated carbocycles. The number of thiol groups is 2. The Balaban J connectivity index is 2.74. The summed E-state index contributed by atoms with van der Waals surface area (Å²) in [6, 6.07) is 9.44. The fourth-order valence-corrected chi connectivity index (χ4v) is 1.39. The van der Waals surface area contributed by atoms with Gasteiger partial charge in [0.2, 0.25) is 0 Å². The SMILES string of the molecule is O=COCC(S)(S)c1ccccc1. The highest BCUT2D eigenvalue weighted by Gasteiger charge is 2.23. The molecule has 1 rings (SSSR count). The average molecular weight is 214 g/mol. The molecular formula is C9H10O2S2. The second-order valence-corrected chi connectivity index (χ2v) is 4.47. The van der Waals surface area contributed by atoms with Gasteiger partial charge in [-0.2, -0.15) is 25.3 Å². The maximum Gasteiger partial charge on any atom is 0.293 e. The minimum atomic E-state index is -0.720. The molecule has 0 unspecified atom stereocenters. The predicted molar refractivity (Wildman–Crippen MR) is 58.1 cm³/mol. The van der Waals surface area contributed by atoms with Crippen molar-refractivity contribution in [3.05, 3.63) is 35.9 Å². The van der Waals surface area contributed by atoms with Gasteiger partial charge in [-0.1, -0.05) is 30.3 Å². The molecule has 0 aromatic heterocycles. The van der Waals surface area contributed by atoms with Crippen LogP contribution in [0.15, 0.2) is 30.3 Å². The van der Waals surface area contributed by atoms with Crippen molar-refractivity contribution >= 4 is 31.7 Å². The second kappa shape index (κ2) is 4.58. The highest BCUT2D eigenvalue weighted by Crippen LogP contribution is 2.32. The molecule has 0 atom stereocenters. The Hall–Kier alpha value is -0.610. The minimum Gasteiger partial charge on any atom is -0.465 e. The van der Waals surface area contributed by atoms with Gasteiger partial charge in [0.05, 0.1) is 0 Å². The summed E-state index contributed by atoms with van der Waals surface area (Å²) in [6.45, 7) is 0.539. The van der Waals surface area contributed by atoms with Gasteiger partial charge in [-0.05, 0) is 5.56 Å². The van der Waals surface area contributed by atoms with Crippen LogP contribution in [0.3, 0.4) is 0 Å². The molecule has 70 valence electrons. The fourth-order valence-electron chi connectivity index (χ4n) is 0.939. The van der Waals surface area contributed by atoms with Gasteiger partial charge in [0.15, 0.2) is 0 Å². The molecule has 13 heavy (non-hydrogen) atoms. The van der Waals surface area contributed by atoms with Crippen LogP contribution in [0.25, 0.3) is 0 Å². The monoisotopic (exact) mass is 214 g/mol. The Kier molecular flexibility index (Phi) is 3.69. The fraction of sp³-hybridized carbons (Fsp3) is 0.222. The van der Waals surface area contributed by atoms with Gasteiger partial charge in [0.1, 0.15) is 10.7 Å². The standard InChI is InChI=1S/C9H10O2S2/c10-7-11-6-9(12,13)8-4-2-1-3-5-8/h1-5,7,12-13H,6H2. The molecule has 0 saturated heterocycles. The molecule has 0 bridgehead atoms. The largest absolute Gasteiger partial charge is 0.465 e. The van der Waals surface area contributed by atoms with Gasteiger partial charge >= 0.3 is 0 Å². The van der Waals surface area contributed by atoms with Crippen LogP contribution in [0.5, 0.6) is 0 Å².